The van der Waals surface area contributed by atoms with Gasteiger partial charge >= 0.3 is 0 Å². The maximum absolute atomic E-state index is 4.64. The number of benzene rings is 1. The highest BCUT2D eigenvalue weighted by atomic mass is 15.1. The molecule has 0 radical (unpaired) electrons. The van der Waals surface area contributed by atoms with Gasteiger partial charge in [-0.3, -0.25) is 9.55 Å². The Balaban J connectivity index is 1.96. The van der Waals surface area contributed by atoms with Crippen LogP contribution >= 0.6 is 0 Å². The predicted molar refractivity (Wildman–Crippen MR) is 95.4 cm³/mol. The standard InChI is InChI=1S/C19H18N4/c1-13-9-14-7-8-23(18(14)12-20-13)19-10-16-15(11-21-19)5-4-6-17(16)22(2)3/h4-12H,1-3H3. The van der Waals surface area contributed by atoms with Crippen LogP contribution in [0.1, 0.15) is 5.69 Å². The Morgan fingerprint density at radius 3 is 2.65 bits per heavy atom. The topological polar surface area (TPSA) is 34.0 Å². The fourth-order valence-electron chi connectivity index (χ4n) is 3.01. The summed E-state index contributed by atoms with van der Waals surface area (Å²) in [5, 5.41) is 3.52. The summed E-state index contributed by atoms with van der Waals surface area (Å²) in [5.74, 6) is 0.910. The summed E-state index contributed by atoms with van der Waals surface area (Å²) in [4.78, 5) is 11.2. The van der Waals surface area contributed by atoms with Crippen LogP contribution in [0.3, 0.4) is 0 Å². The van der Waals surface area contributed by atoms with Crippen molar-refractivity contribution in [1.82, 2.24) is 14.5 Å². The van der Waals surface area contributed by atoms with Crippen molar-refractivity contribution in [3.8, 4) is 5.82 Å². The molecule has 4 heteroatoms. The number of aromatic nitrogens is 3. The van der Waals surface area contributed by atoms with E-state index in [9.17, 15) is 0 Å². The highest BCUT2D eigenvalue weighted by Gasteiger charge is 2.08. The SMILES string of the molecule is Cc1cc2ccn(-c3cc4c(N(C)C)cccc4cn3)c2cn1. The summed E-state index contributed by atoms with van der Waals surface area (Å²) in [5.41, 5.74) is 3.29. The first-order valence-electron chi connectivity index (χ1n) is 7.64. The van der Waals surface area contributed by atoms with Crippen molar-refractivity contribution in [3.63, 3.8) is 0 Å². The van der Waals surface area contributed by atoms with Crippen LogP contribution in [-0.2, 0) is 0 Å². The normalized spacial score (nSPS) is 11.3. The van der Waals surface area contributed by atoms with Crippen molar-refractivity contribution in [2.45, 2.75) is 6.92 Å². The van der Waals surface area contributed by atoms with Crippen molar-refractivity contribution in [1.29, 1.82) is 0 Å². The van der Waals surface area contributed by atoms with Gasteiger partial charge in [-0.05, 0) is 31.2 Å². The molecule has 23 heavy (non-hydrogen) atoms. The monoisotopic (exact) mass is 302 g/mol. The second-order valence-corrected chi connectivity index (χ2v) is 6.01. The molecule has 0 atom stereocenters. The molecule has 3 aromatic heterocycles. The van der Waals surface area contributed by atoms with Crippen LogP contribution in [0.25, 0.3) is 27.5 Å². The van der Waals surface area contributed by atoms with Crippen LogP contribution in [0.5, 0.6) is 0 Å². The lowest BCUT2D eigenvalue weighted by Crippen LogP contribution is -2.09. The van der Waals surface area contributed by atoms with Gasteiger partial charge in [0.1, 0.15) is 5.82 Å². The average Bonchev–Trinajstić information content (AvgIpc) is 2.96. The van der Waals surface area contributed by atoms with E-state index in [1.54, 1.807) is 0 Å². The number of anilines is 1. The van der Waals surface area contributed by atoms with E-state index in [0.717, 1.165) is 22.4 Å². The molecular weight excluding hydrogens is 284 g/mol. The van der Waals surface area contributed by atoms with Crippen molar-refractivity contribution in [2.75, 3.05) is 19.0 Å². The fraction of sp³-hybridized carbons (Fsp3) is 0.158. The van der Waals surface area contributed by atoms with Crippen LogP contribution < -0.4 is 4.90 Å². The van der Waals surface area contributed by atoms with Gasteiger partial charge in [-0.2, -0.15) is 0 Å². The number of hydrogen-bond acceptors (Lipinski definition) is 3. The van der Waals surface area contributed by atoms with Gasteiger partial charge in [-0.15, -0.1) is 0 Å². The van der Waals surface area contributed by atoms with Gasteiger partial charge in [0.2, 0.25) is 0 Å². The van der Waals surface area contributed by atoms with Crippen molar-refractivity contribution < 1.29 is 0 Å². The molecule has 0 saturated heterocycles. The number of aryl methyl sites for hydroxylation is 1. The Morgan fingerprint density at radius 2 is 1.83 bits per heavy atom. The summed E-state index contributed by atoms with van der Waals surface area (Å²) in [7, 11) is 4.12. The number of rotatable bonds is 2. The fourth-order valence-corrected chi connectivity index (χ4v) is 3.01. The van der Waals surface area contributed by atoms with E-state index in [2.05, 4.69) is 76.1 Å². The number of hydrogen-bond donors (Lipinski definition) is 0. The van der Waals surface area contributed by atoms with E-state index >= 15 is 0 Å². The quantitative estimate of drug-likeness (QED) is 0.562. The summed E-state index contributed by atoms with van der Waals surface area (Å²) < 4.78 is 2.09. The lowest BCUT2D eigenvalue weighted by atomic mass is 10.1. The first-order chi connectivity index (χ1) is 11.1. The molecule has 4 nitrogen and oxygen atoms in total. The molecule has 4 rings (SSSR count). The smallest absolute Gasteiger partial charge is 0.137 e. The molecule has 0 aliphatic heterocycles. The van der Waals surface area contributed by atoms with Crippen LogP contribution in [-0.4, -0.2) is 28.6 Å². The molecule has 0 fully saturated rings. The van der Waals surface area contributed by atoms with Gasteiger partial charge in [0.05, 0.1) is 11.7 Å². The molecule has 0 aliphatic rings. The van der Waals surface area contributed by atoms with Gasteiger partial charge in [-0.1, -0.05) is 12.1 Å². The van der Waals surface area contributed by atoms with Crippen LogP contribution in [0, 0.1) is 6.92 Å². The Labute approximate surface area is 135 Å². The largest absolute Gasteiger partial charge is 0.377 e. The van der Waals surface area contributed by atoms with E-state index < -0.39 is 0 Å². The molecule has 0 amide bonds. The zero-order valence-electron chi connectivity index (χ0n) is 13.5. The maximum atomic E-state index is 4.64. The molecule has 0 N–H and O–H groups in total. The van der Waals surface area contributed by atoms with Crippen molar-refractivity contribution in [2.24, 2.45) is 0 Å². The van der Waals surface area contributed by atoms with Gasteiger partial charge in [0.15, 0.2) is 0 Å². The summed E-state index contributed by atoms with van der Waals surface area (Å²) in [6.07, 6.45) is 5.90. The van der Waals surface area contributed by atoms with Crippen molar-refractivity contribution in [3.05, 3.63) is 60.7 Å². The Kier molecular flexibility index (Phi) is 3.05. The van der Waals surface area contributed by atoms with Crippen LogP contribution in [0.4, 0.5) is 5.69 Å². The van der Waals surface area contributed by atoms with Crippen LogP contribution in [0.2, 0.25) is 0 Å². The van der Waals surface area contributed by atoms with Gasteiger partial charge < -0.3 is 4.90 Å². The van der Waals surface area contributed by atoms with Gasteiger partial charge in [0, 0.05) is 54.0 Å². The Bertz CT molecular complexity index is 1010. The second-order valence-electron chi connectivity index (χ2n) is 6.01. The molecule has 1 aromatic carbocycles. The van der Waals surface area contributed by atoms with Crippen LogP contribution in [0.15, 0.2) is 55.0 Å². The molecule has 3 heterocycles. The molecular formula is C19H18N4. The molecule has 0 spiro atoms. The second kappa shape index (κ2) is 5.09. The molecule has 0 unspecified atom stereocenters. The Morgan fingerprint density at radius 1 is 0.957 bits per heavy atom. The van der Waals surface area contributed by atoms with E-state index in [1.807, 2.05) is 19.3 Å². The third-order valence-electron chi connectivity index (χ3n) is 4.17. The highest BCUT2D eigenvalue weighted by Crippen LogP contribution is 2.28. The average molecular weight is 302 g/mol. The van der Waals surface area contributed by atoms with E-state index in [-0.39, 0.29) is 0 Å². The molecule has 0 bridgehead atoms. The number of pyridine rings is 2. The van der Waals surface area contributed by atoms with Gasteiger partial charge in [0.25, 0.3) is 0 Å². The molecule has 0 saturated carbocycles. The minimum absolute atomic E-state index is 0.910. The summed E-state index contributed by atoms with van der Waals surface area (Å²) in [6.45, 7) is 2.01. The highest BCUT2D eigenvalue weighted by molar-refractivity contribution is 5.95. The predicted octanol–water partition coefficient (Wildman–Crippen LogP) is 3.95. The first-order valence-corrected chi connectivity index (χ1v) is 7.64. The Hall–Kier alpha value is -2.88. The maximum Gasteiger partial charge on any atom is 0.137 e. The zero-order chi connectivity index (χ0) is 16.0. The van der Waals surface area contributed by atoms with E-state index in [1.165, 1.54) is 16.5 Å². The number of nitrogens with zero attached hydrogens (tertiary/aromatic N) is 4. The minimum Gasteiger partial charge on any atom is -0.377 e. The van der Waals surface area contributed by atoms with E-state index in [0.29, 0.717) is 0 Å². The molecule has 0 aliphatic carbocycles. The lowest BCUT2D eigenvalue weighted by molar-refractivity contribution is 1.04. The molecule has 4 aromatic rings. The lowest BCUT2D eigenvalue weighted by Gasteiger charge is -2.16. The minimum atomic E-state index is 0.910. The van der Waals surface area contributed by atoms with E-state index in [4.69, 9.17) is 0 Å². The number of fused-ring (bicyclic) bond motifs is 2. The first kappa shape index (κ1) is 13.8. The summed E-state index contributed by atoms with van der Waals surface area (Å²) in [6, 6.07) is 12.6. The third kappa shape index (κ3) is 2.23. The molecule has 114 valence electrons. The van der Waals surface area contributed by atoms with Gasteiger partial charge in [-0.25, -0.2) is 4.98 Å². The third-order valence-corrected chi connectivity index (χ3v) is 4.17. The summed E-state index contributed by atoms with van der Waals surface area (Å²) >= 11 is 0. The van der Waals surface area contributed by atoms with Crippen molar-refractivity contribution >= 4 is 27.4 Å². The zero-order valence-corrected chi connectivity index (χ0v) is 13.5.